The summed E-state index contributed by atoms with van der Waals surface area (Å²) in [5.41, 5.74) is 26.2. The first-order chi connectivity index (χ1) is 58.1. The van der Waals surface area contributed by atoms with Crippen molar-refractivity contribution in [3.05, 3.63) is 210 Å². The van der Waals surface area contributed by atoms with E-state index in [0.29, 0.717) is 69.5 Å². The van der Waals surface area contributed by atoms with E-state index < -0.39 is 0 Å². The van der Waals surface area contributed by atoms with Crippen molar-refractivity contribution in [3.8, 4) is 0 Å². The Labute approximate surface area is 722 Å². The van der Waals surface area contributed by atoms with Crippen LogP contribution in [-0.4, -0.2) is 76.5 Å². The molecule has 10 bridgehead atoms. The van der Waals surface area contributed by atoms with E-state index in [4.69, 9.17) is 22.1 Å². The standard InChI is InChI=1S/C24H29NO.C23H27NO.2C22H25NO.C20H22N2O/c1-14-11-22-19(18-9-7-8-10-21(18)26-22)12-20(14)25-17(4)23(5)13-24(25,6)16(3)15(23)2;1-14-10-21-18(17-8-6-7-9-20(17)25-21)11-19(14)24-16(3)23(5)13-22(24,4)12-15(23)2;1-14-11-20-17(16-7-5-6-8-19(16)24-20)12-18(14)23-15(2)21(3)9-10-22(23,4)13-21;1-13-11-20-16(15-7-5-6-8-19(15)24-20)12-18(13)23-14(2)17-9-10-21(23)22(17,3)4;1-13-10-19-16(15-6-4-5-7-18(15)23-19)11-17(13)22-14(2)21-9-8-20(22,3)12-21/h7-12,15-17H,13H2,1-6H3;6-11,15-16H,12-13H2,1-5H3;5-8,11-12,15H,9-10,13H2,1-4H3;5-8,11-12,14,17,21H,9-10H2,1-4H3;4-7,10-11,14H,8-9,12H2,1-3H3. The van der Waals surface area contributed by atoms with E-state index in [9.17, 15) is 0 Å². The van der Waals surface area contributed by atoms with E-state index in [0.717, 1.165) is 73.6 Å². The molecule has 10 aliphatic rings. The second-order valence-electron chi connectivity index (χ2n) is 42.9. The Morgan fingerprint density at radius 1 is 0.328 bits per heavy atom. The van der Waals surface area contributed by atoms with Crippen LogP contribution in [0, 0.1) is 80.0 Å². The molecule has 4 aliphatic carbocycles. The molecule has 10 fully saturated rings. The van der Waals surface area contributed by atoms with Crippen molar-refractivity contribution in [1.29, 1.82) is 0 Å². The molecule has 0 amide bonds. The first-order valence-electron chi connectivity index (χ1n) is 46.4. The minimum Gasteiger partial charge on any atom is -0.456 e. The van der Waals surface area contributed by atoms with Crippen molar-refractivity contribution in [1.82, 2.24) is 4.90 Å². The van der Waals surface area contributed by atoms with Crippen LogP contribution in [-0.2, 0) is 0 Å². The lowest BCUT2D eigenvalue weighted by molar-refractivity contribution is 0.148. The van der Waals surface area contributed by atoms with E-state index in [1.807, 2.05) is 30.3 Å². The maximum atomic E-state index is 6.10. The van der Waals surface area contributed by atoms with Crippen molar-refractivity contribution in [2.45, 2.75) is 269 Å². The van der Waals surface area contributed by atoms with Crippen LogP contribution in [0.1, 0.15) is 203 Å². The fourth-order valence-electron chi connectivity index (χ4n) is 28.4. The largest absolute Gasteiger partial charge is 0.456 e. The molecule has 15 aromatic rings. The van der Waals surface area contributed by atoms with Gasteiger partial charge in [0.1, 0.15) is 55.8 Å². The van der Waals surface area contributed by atoms with Gasteiger partial charge in [-0.15, -0.1) is 0 Å². The van der Waals surface area contributed by atoms with Gasteiger partial charge in [-0.05, 0) is 319 Å². The Hall–Kier alpha value is -9.84. The zero-order chi connectivity index (χ0) is 85.1. The van der Waals surface area contributed by atoms with Gasteiger partial charge < -0.3 is 46.6 Å². The third kappa shape index (κ3) is 11.4. The van der Waals surface area contributed by atoms with Crippen LogP contribution >= 0.6 is 0 Å². The molecule has 5 aromatic heterocycles. The molecule has 0 spiro atoms. The summed E-state index contributed by atoms with van der Waals surface area (Å²) in [5, 5.41) is 12.3. The van der Waals surface area contributed by atoms with Gasteiger partial charge in [0.2, 0.25) is 0 Å². The minimum atomic E-state index is 0.228. The molecule has 10 aromatic carbocycles. The second kappa shape index (κ2) is 27.3. The summed E-state index contributed by atoms with van der Waals surface area (Å²) in [5.74, 6) is 3.05. The van der Waals surface area contributed by atoms with Crippen molar-refractivity contribution < 1.29 is 22.1 Å². The van der Waals surface area contributed by atoms with E-state index in [1.54, 1.807) is 0 Å². The number of furan rings is 5. The number of anilines is 5. The van der Waals surface area contributed by atoms with Gasteiger partial charge in [-0.2, -0.15) is 0 Å². The van der Waals surface area contributed by atoms with Crippen LogP contribution in [0.3, 0.4) is 0 Å². The van der Waals surface area contributed by atoms with Crippen molar-refractivity contribution >= 4 is 138 Å². The highest BCUT2D eigenvalue weighted by atomic mass is 16.3. The molecule has 6 saturated heterocycles. The monoisotopic (exact) mass is 1620 g/mol. The number of nitrogens with zero attached hydrogens (tertiary/aromatic N) is 6. The molecule has 18 atom stereocenters. The van der Waals surface area contributed by atoms with Gasteiger partial charge in [0.25, 0.3) is 0 Å². The van der Waals surface area contributed by atoms with Crippen LogP contribution < -0.4 is 24.5 Å². The molecule has 0 N–H and O–H groups in total. The molecule has 0 radical (unpaired) electrons. The van der Waals surface area contributed by atoms with E-state index in [-0.39, 0.29) is 16.6 Å². The van der Waals surface area contributed by atoms with Crippen molar-refractivity contribution in [2.75, 3.05) is 37.6 Å². The van der Waals surface area contributed by atoms with E-state index >= 15 is 0 Å². The maximum absolute atomic E-state index is 6.10. The highest BCUT2D eigenvalue weighted by Gasteiger charge is 2.67. The van der Waals surface area contributed by atoms with E-state index in [1.165, 1.54) is 181 Å². The molecular weight excluding hydrogens is 1500 g/mol. The number of piperidine rings is 4. The first-order valence-corrected chi connectivity index (χ1v) is 46.4. The number of hydrogen-bond acceptors (Lipinski definition) is 11. The molecule has 11 heterocycles. The zero-order valence-electron chi connectivity index (χ0n) is 76.6. The smallest absolute Gasteiger partial charge is 0.135 e. The summed E-state index contributed by atoms with van der Waals surface area (Å²) < 4.78 is 30.4. The average Bonchev–Trinajstić information content (AvgIpc) is 1.52. The van der Waals surface area contributed by atoms with Gasteiger partial charge in [-0.1, -0.05) is 146 Å². The third-order valence-corrected chi connectivity index (χ3v) is 35.6. The summed E-state index contributed by atoms with van der Waals surface area (Å²) >= 11 is 0. The third-order valence-electron chi connectivity index (χ3n) is 35.6. The lowest BCUT2D eigenvalue weighted by atomic mass is 9.71. The van der Waals surface area contributed by atoms with Gasteiger partial charge in [-0.25, -0.2) is 0 Å². The predicted molar refractivity (Wildman–Crippen MR) is 512 cm³/mol. The zero-order valence-corrected chi connectivity index (χ0v) is 76.6. The lowest BCUT2D eigenvalue weighted by Gasteiger charge is -2.51. The van der Waals surface area contributed by atoms with Gasteiger partial charge in [0, 0.05) is 142 Å². The van der Waals surface area contributed by atoms with E-state index in [2.05, 4.69) is 333 Å². The van der Waals surface area contributed by atoms with Crippen LogP contribution in [0.15, 0.2) is 204 Å². The molecule has 4 saturated carbocycles. The highest BCUT2D eigenvalue weighted by Crippen LogP contribution is 2.67. The predicted octanol–water partition coefficient (Wildman–Crippen LogP) is 29.3. The summed E-state index contributed by atoms with van der Waals surface area (Å²) in [6.07, 6.45) is 12.3. The van der Waals surface area contributed by atoms with Crippen molar-refractivity contribution in [2.24, 2.45) is 45.3 Å². The number of benzene rings is 10. The number of rotatable bonds is 5. The van der Waals surface area contributed by atoms with Crippen LogP contribution in [0.5, 0.6) is 0 Å². The summed E-state index contributed by atoms with van der Waals surface area (Å²) in [7, 11) is 0. The highest BCUT2D eigenvalue weighted by molar-refractivity contribution is 6.11. The Morgan fingerprint density at radius 3 is 1.07 bits per heavy atom. The molecular formula is C111H128N6O5. The van der Waals surface area contributed by atoms with Crippen LogP contribution in [0.2, 0.25) is 0 Å². The summed E-state index contributed by atoms with van der Waals surface area (Å²) in [6.45, 7) is 55.2. The van der Waals surface area contributed by atoms with Gasteiger partial charge in [-0.3, -0.25) is 4.90 Å². The maximum Gasteiger partial charge on any atom is 0.135 e. The summed E-state index contributed by atoms with van der Waals surface area (Å²) in [4.78, 5) is 16.1. The lowest BCUT2D eigenvalue weighted by Crippen LogP contribution is -2.56. The first kappa shape index (κ1) is 79.3. The molecule has 6 aliphatic heterocycles. The SMILES string of the molecule is Cc1cc2oc3ccccc3c2cc1N1C(C)C2(C)CC1(C)C(C)C2C.Cc1cc2oc3ccccc3c2cc1N1C(C)C2(C)CC1(C)CC2C.Cc1cc2oc3ccccc3c2cc1N1C(C)C2(C)CCC1(C)C2.Cc1cc2oc3ccccc3c2cc1N1C(C)C2CCC1C2(C)C.Cc1cc2oc3ccccc3c2cc1N1C(C)N2CCC1(C)C2. The second-order valence-corrected chi connectivity index (χ2v) is 42.9. The van der Waals surface area contributed by atoms with Gasteiger partial charge in [0.15, 0.2) is 0 Å². The molecule has 11 nitrogen and oxygen atoms in total. The normalized spacial score (nSPS) is 32.4. The van der Waals surface area contributed by atoms with Gasteiger partial charge in [0.05, 0.1) is 11.7 Å². The summed E-state index contributed by atoms with van der Waals surface area (Å²) in [6, 6.07) is 67.9. The fraction of sp³-hybridized carbons (Fsp3) is 0.459. The topological polar surface area (TPSA) is 85.1 Å². The molecule has 25 rings (SSSR count). The molecule has 632 valence electrons. The average molecular weight is 1630 g/mol. The van der Waals surface area contributed by atoms with Gasteiger partial charge >= 0.3 is 0 Å². The fourth-order valence-corrected chi connectivity index (χ4v) is 28.4. The number of aryl methyl sites for hydroxylation is 5. The molecule has 18 unspecified atom stereocenters. The van der Waals surface area contributed by atoms with Crippen molar-refractivity contribution in [3.63, 3.8) is 0 Å². The molecule has 122 heavy (non-hydrogen) atoms. The van der Waals surface area contributed by atoms with Crippen LogP contribution in [0.4, 0.5) is 28.4 Å². The van der Waals surface area contributed by atoms with Crippen LogP contribution in [0.25, 0.3) is 110 Å². The minimum absolute atomic E-state index is 0.228. The Kier molecular flexibility index (Phi) is 17.8. The Bertz CT molecular complexity index is 6750. The molecule has 11 heteroatoms. The number of fused-ring (bicyclic) bond motifs is 25. The number of hydrogen-bond donors (Lipinski definition) is 0. The Balaban J connectivity index is 0.0000000940. The quantitative estimate of drug-likeness (QED) is 0.165. The Morgan fingerprint density at radius 2 is 0.705 bits per heavy atom. The number of para-hydroxylation sites is 5.